The van der Waals surface area contributed by atoms with Gasteiger partial charge in [-0.3, -0.25) is 4.79 Å². The molecule has 0 radical (unpaired) electrons. The predicted octanol–water partition coefficient (Wildman–Crippen LogP) is 3.79. The van der Waals surface area contributed by atoms with E-state index in [4.69, 9.17) is 5.73 Å². The lowest BCUT2D eigenvalue weighted by Crippen LogP contribution is -2.20. The molecule has 0 spiro atoms. The van der Waals surface area contributed by atoms with Crippen LogP contribution in [0, 0.1) is 11.6 Å². The molecule has 2 heterocycles. The molecule has 11 heteroatoms. The van der Waals surface area contributed by atoms with Gasteiger partial charge in [-0.25, -0.2) is 23.7 Å². The van der Waals surface area contributed by atoms with Crippen molar-refractivity contribution in [3.63, 3.8) is 0 Å². The summed E-state index contributed by atoms with van der Waals surface area (Å²) in [6.45, 7) is 1.78. The minimum Gasteiger partial charge on any atom is -0.364 e. The van der Waals surface area contributed by atoms with Gasteiger partial charge in [0.15, 0.2) is 0 Å². The van der Waals surface area contributed by atoms with Crippen LogP contribution in [0.3, 0.4) is 0 Å². The van der Waals surface area contributed by atoms with Gasteiger partial charge in [-0.1, -0.05) is 6.92 Å². The zero-order chi connectivity index (χ0) is 23.5. The topological polar surface area (TPSA) is 93.8 Å². The first-order valence-electron chi connectivity index (χ1n) is 9.47. The van der Waals surface area contributed by atoms with Gasteiger partial charge >= 0.3 is 6.18 Å². The number of hydrogen-bond acceptors (Lipinski definition) is 5. The Bertz CT molecular complexity index is 1150. The molecule has 2 aromatic heterocycles. The molecule has 0 fully saturated rings. The molecule has 0 aliphatic carbocycles. The Balaban J connectivity index is 1.92. The number of alkyl halides is 3. The first kappa shape index (κ1) is 23.2. The second kappa shape index (κ2) is 9.35. The van der Waals surface area contributed by atoms with Crippen LogP contribution in [-0.2, 0) is 25.7 Å². The SMILES string of the molecule is CCc1c(-c2ccc(F)cc2F)cc(C(N)=O)nc1CNCc1cc(C(F)(F)F)ncn1. The highest BCUT2D eigenvalue weighted by atomic mass is 19.4. The molecule has 1 aromatic carbocycles. The molecule has 0 saturated heterocycles. The van der Waals surface area contributed by atoms with Crippen molar-refractivity contribution in [2.75, 3.05) is 0 Å². The second-order valence-corrected chi connectivity index (χ2v) is 6.82. The Morgan fingerprint density at radius 2 is 1.81 bits per heavy atom. The molecule has 3 N–H and O–H groups in total. The third kappa shape index (κ3) is 5.22. The van der Waals surface area contributed by atoms with E-state index in [1.165, 1.54) is 12.1 Å². The lowest BCUT2D eigenvalue weighted by atomic mass is 9.95. The number of nitrogens with zero attached hydrogens (tertiary/aromatic N) is 3. The van der Waals surface area contributed by atoms with Crippen LogP contribution < -0.4 is 11.1 Å². The summed E-state index contributed by atoms with van der Waals surface area (Å²) in [5, 5.41) is 2.91. The van der Waals surface area contributed by atoms with Gasteiger partial charge in [-0.15, -0.1) is 0 Å². The average molecular weight is 451 g/mol. The van der Waals surface area contributed by atoms with Gasteiger partial charge in [0.1, 0.15) is 29.3 Å². The fourth-order valence-corrected chi connectivity index (χ4v) is 3.20. The van der Waals surface area contributed by atoms with Crippen LogP contribution in [0.25, 0.3) is 11.1 Å². The Kier molecular flexibility index (Phi) is 6.78. The standard InChI is InChI=1S/C21H18F5N5O/c1-2-13-15(14-4-3-11(22)5-16(14)23)7-17(20(27)32)31-18(13)9-28-8-12-6-19(21(24,25)26)30-10-29-12/h3-7,10,28H,2,8-9H2,1H3,(H2,27,32). The van der Waals surface area contributed by atoms with E-state index >= 15 is 0 Å². The molecule has 168 valence electrons. The zero-order valence-corrected chi connectivity index (χ0v) is 16.8. The predicted molar refractivity (Wildman–Crippen MR) is 105 cm³/mol. The number of carbonyl (C=O) groups is 1. The number of hydrogen-bond donors (Lipinski definition) is 2. The molecule has 0 atom stereocenters. The molecule has 1 amide bonds. The maximum atomic E-state index is 14.4. The number of nitrogens with one attached hydrogen (secondary N) is 1. The number of rotatable bonds is 7. The molecule has 0 saturated carbocycles. The van der Waals surface area contributed by atoms with E-state index in [0.717, 1.165) is 24.5 Å². The monoisotopic (exact) mass is 451 g/mol. The van der Waals surface area contributed by atoms with Crippen molar-refractivity contribution < 1.29 is 26.7 Å². The molecule has 32 heavy (non-hydrogen) atoms. The Morgan fingerprint density at radius 3 is 2.44 bits per heavy atom. The van der Waals surface area contributed by atoms with E-state index in [1.54, 1.807) is 6.92 Å². The summed E-state index contributed by atoms with van der Waals surface area (Å²) in [6.07, 6.45) is -3.39. The number of nitrogens with two attached hydrogens (primary N) is 1. The van der Waals surface area contributed by atoms with Gasteiger partial charge in [0, 0.05) is 24.7 Å². The zero-order valence-electron chi connectivity index (χ0n) is 16.8. The van der Waals surface area contributed by atoms with E-state index < -0.39 is 29.4 Å². The van der Waals surface area contributed by atoms with Crippen molar-refractivity contribution in [3.8, 4) is 11.1 Å². The first-order valence-corrected chi connectivity index (χ1v) is 9.47. The van der Waals surface area contributed by atoms with Gasteiger partial charge in [-0.2, -0.15) is 13.2 Å². The lowest BCUT2D eigenvalue weighted by Gasteiger charge is -2.16. The van der Waals surface area contributed by atoms with Gasteiger partial charge in [0.05, 0.1) is 11.4 Å². The molecule has 3 rings (SSSR count). The summed E-state index contributed by atoms with van der Waals surface area (Å²) in [7, 11) is 0. The number of carbonyl (C=O) groups excluding carboxylic acids is 1. The number of pyridine rings is 1. The van der Waals surface area contributed by atoms with E-state index in [2.05, 4.69) is 20.3 Å². The number of primary amides is 1. The Labute approximate surface area is 179 Å². The maximum absolute atomic E-state index is 14.4. The number of amides is 1. The lowest BCUT2D eigenvalue weighted by molar-refractivity contribution is -0.141. The van der Waals surface area contributed by atoms with Gasteiger partial charge < -0.3 is 11.1 Å². The maximum Gasteiger partial charge on any atom is 0.433 e. The molecular weight excluding hydrogens is 433 g/mol. The Morgan fingerprint density at radius 1 is 1.06 bits per heavy atom. The summed E-state index contributed by atoms with van der Waals surface area (Å²) in [4.78, 5) is 23.0. The molecular formula is C21H18F5N5O. The van der Waals surface area contributed by atoms with Crippen molar-refractivity contribution in [1.82, 2.24) is 20.3 Å². The molecule has 0 bridgehead atoms. The van der Waals surface area contributed by atoms with E-state index in [-0.39, 0.29) is 30.0 Å². The highest BCUT2D eigenvalue weighted by Gasteiger charge is 2.32. The van der Waals surface area contributed by atoms with Crippen LogP contribution in [0.5, 0.6) is 0 Å². The van der Waals surface area contributed by atoms with Crippen LogP contribution in [-0.4, -0.2) is 20.9 Å². The van der Waals surface area contributed by atoms with E-state index in [0.29, 0.717) is 23.2 Å². The number of halogens is 5. The average Bonchev–Trinajstić information content (AvgIpc) is 2.73. The molecule has 6 nitrogen and oxygen atoms in total. The number of aromatic nitrogens is 3. The summed E-state index contributed by atoms with van der Waals surface area (Å²) < 4.78 is 66.2. The second-order valence-electron chi connectivity index (χ2n) is 6.82. The van der Waals surface area contributed by atoms with Crippen molar-refractivity contribution in [1.29, 1.82) is 0 Å². The van der Waals surface area contributed by atoms with Crippen LogP contribution in [0.4, 0.5) is 22.0 Å². The van der Waals surface area contributed by atoms with Crippen molar-refractivity contribution in [2.45, 2.75) is 32.6 Å². The minimum absolute atomic E-state index is 0.0332. The van der Waals surface area contributed by atoms with E-state index in [1.807, 2.05) is 0 Å². The third-order valence-electron chi connectivity index (χ3n) is 4.65. The fraction of sp³-hybridized carbons (Fsp3) is 0.238. The minimum atomic E-state index is -4.60. The van der Waals surface area contributed by atoms with Gasteiger partial charge in [-0.05, 0) is 41.8 Å². The normalized spacial score (nSPS) is 11.6. The fourth-order valence-electron chi connectivity index (χ4n) is 3.20. The third-order valence-corrected chi connectivity index (χ3v) is 4.65. The van der Waals surface area contributed by atoms with Gasteiger partial charge in [0.25, 0.3) is 5.91 Å². The summed E-state index contributed by atoms with van der Waals surface area (Å²) in [6, 6.07) is 5.22. The molecule has 0 aliphatic heterocycles. The largest absolute Gasteiger partial charge is 0.433 e. The van der Waals surface area contributed by atoms with Crippen molar-refractivity contribution >= 4 is 5.91 Å². The van der Waals surface area contributed by atoms with Crippen LogP contribution in [0.15, 0.2) is 36.7 Å². The first-order chi connectivity index (χ1) is 15.1. The number of benzene rings is 1. The summed E-state index contributed by atoms with van der Waals surface area (Å²) >= 11 is 0. The van der Waals surface area contributed by atoms with Crippen molar-refractivity contribution in [3.05, 3.63) is 76.6 Å². The summed E-state index contributed by atoms with van der Waals surface area (Å²) in [5.74, 6) is -2.41. The smallest absolute Gasteiger partial charge is 0.364 e. The summed E-state index contributed by atoms with van der Waals surface area (Å²) in [5.41, 5.74) is 5.59. The quantitative estimate of drug-likeness (QED) is 0.533. The Hall–Kier alpha value is -3.47. The van der Waals surface area contributed by atoms with E-state index in [9.17, 15) is 26.7 Å². The van der Waals surface area contributed by atoms with Crippen LogP contribution in [0.2, 0.25) is 0 Å². The highest BCUT2D eigenvalue weighted by molar-refractivity contribution is 5.92. The van der Waals surface area contributed by atoms with Crippen molar-refractivity contribution in [2.24, 2.45) is 5.73 Å². The molecule has 0 aliphatic rings. The molecule has 3 aromatic rings. The highest BCUT2D eigenvalue weighted by Crippen LogP contribution is 2.30. The molecule has 0 unspecified atom stereocenters. The van der Waals surface area contributed by atoms with Gasteiger partial charge in [0.2, 0.25) is 0 Å². The van der Waals surface area contributed by atoms with Crippen LogP contribution in [0.1, 0.15) is 40.1 Å². The van der Waals surface area contributed by atoms with Crippen LogP contribution >= 0.6 is 0 Å².